The van der Waals surface area contributed by atoms with E-state index < -0.39 is 0 Å². The van der Waals surface area contributed by atoms with E-state index in [1.807, 2.05) is 0 Å². The Bertz CT molecular complexity index is 398. The number of carbonyl (C=O) groups excluding carboxylic acids is 1. The first-order valence-electron chi connectivity index (χ1n) is 5.40. The van der Waals surface area contributed by atoms with Crippen LogP contribution >= 0.6 is 15.9 Å². The summed E-state index contributed by atoms with van der Waals surface area (Å²) in [7, 11) is 0. The van der Waals surface area contributed by atoms with Crippen LogP contribution in [0.4, 0.5) is 10.1 Å². The van der Waals surface area contributed by atoms with Crippen molar-refractivity contribution in [1.82, 2.24) is 0 Å². The molecule has 5 heteroatoms. The van der Waals surface area contributed by atoms with E-state index in [-0.39, 0.29) is 17.7 Å². The molecule has 0 aliphatic carbocycles. The molecule has 0 saturated heterocycles. The van der Waals surface area contributed by atoms with Crippen LogP contribution in [0.25, 0.3) is 0 Å². The standard InChI is InChI=1S/C12H15BrFNO2/c1-3-17-12(16)8(2)7-15-11-5-4-9(13)6-10(11)14/h4-6,8,15H,3,7H2,1-2H3. The SMILES string of the molecule is CCOC(=O)C(C)CNc1ccc(Br)cc1F. The summed E-state index contributed by atoms with van der Waals surface area (Å²) >= 11 is 3.18. The predicted octanol–water partition coefficient (Wildman–Crippen LogP) is 3.20. The van der Waals surface area contributed by atoms with Gasteiger partial charge in [-0.1, -0.05) is 22.9 Å². The molecule has 0 heterocycles. The third-order valence-corrected chi connectivity index (χ3v) is 2.71. The average Bonchev–Trinajstić information content (AvgIpc) is 2.27. The van der Waals surface area contributed by atoms with E-state index in [0.29, 0.717) is 23.3 Å². The van der Waals surface area contributed by atoms with Crippen LogP contribution in [0.5, 0.6) is 0 Å². The molecule has 0 bridgehead atoms. The molecule has 1 atom stereocenters. The van der Waals surface area contributed by atoms with Gasteiger partial charge in [0.2, 0.25) is 0 Å². The Balaban J connectivity index is 2.52. The molecule has 0 radical (unpaired) electrons. The summed E-state index contributed by atoms with van der Waals surface area (Å²) in [6, 6.07) is 4.73. The molecule has 0 aliphatic heterocycles. The third-order valence-electron chi connectivity index (χ3n) is 2.22. The summed E-state index contributed by atoms with van der Waals surface area (Å²) in [6.45, 7) is 4.20. The molecule has 0 spiro atoms. The quantitative estimate of drug-likeness (QED) is 0.849. The van der Waals surface area contributed by atoms with Crippen molar-refractivity contribution in [3.63, 3.8) is 0 Å². The van der Waals surface area contributed by atoms with Crippen molar-refractivity contribution >= 4 is 27.6 Å². The Hall–Kier alpha value is -1.10. The number of rotatable bonds is 5. The topological polar surface area (TPSA) is 38.3 Å². The van der Waals surface area contributed by atoms with E-state index in [4.69, 9.17) is 4.74 Å². The predicted molar refractivity (Wildman–Crippen MR) is 68.4 cm³/mol. The fraction of sp³-hybridized carbons (Fsp3) is 0.417. The van der Waals surface area contributed by atoms with Gasteiger partial charge in [-0.25, -0.2) is 4.39 Å². The number of hydrogen-bond donors (Lipinski definition) is 1. The van der Waals surface area contributed by atoms with Crippen LogP contribution in [0, 0.1) is 11.7 Å². The Kier molecular flexibility index (Phi) is 5.41. The van der Waals surface area contributed by atoms with Gasteiger partial charge in [0.25, 0.3) is 0 Å². The summed E-state index contributed by atoms with van der Waals surface area (Å²) in [4.78, 5) is 11.3. The van der Waals surface area contributed by atoms with Gasteiger partial charge in [-0.15, -0.1) is 0 Å². The van der Waals surface area contributed by atoms with Crippen LogP contribution in [-0.2, 0) is 9.53 Å². The molecule has 0 fully saturated rings. The second kappa shape index (κ2) is 6.59. The second-order valence-electron chi connectivity index (χ2n) is 3.66. The van der Waals surface area contributed by atoms with E-state index in [1.165, 1.54) is 6.07 Å². The van der Waals surface area contributed by atoms with Crippen molar-refractivity contribution in [3.05, 3.63) is 28.5 Å². The van der Waals surface area contributed by atoms with Crippen molar-refractivity contribution in [3.8, 4) is 0 Å². The maximum absolute atomic E-state index is 13.4. The van der Waals surface area contributed by atoms with Gasteiger partial charge in [-0.3, -0.25) is 4.79 Å². The molecule has 0 saturated carbocycles. The molecule has 94 valence electrons. The minimum absolute atomic E-state index is 0.280. The van der Waals surface area contributed by atoms with E-state index >= 15 is 0 Å². The van der Waals surface area contributed by atoms with Gasteiger partial charge in [0.1, 0.15) is 5.82 Å². The number of carbonyl (C=O) groups is 1. The Morgan fingerprint density at radius 2 is 2.29 bits per heavy atom. The molecule has 1 aromatic carbocycles. The number of benzene rings is 1. The molecule has 0 aliphatic rings. The van der Waals surface area contributed by atoms with Gasteiger partial charge in [-0.2, -0.15) is 0 Å². The highest BCUT2D eigenvalue weighted by Crippen LogP contribution is 2.19. The van der Waals surface area contributed by atoms with Crippen LogP contribution in [0.3, 0.4) is 0 Å². The van der Waals surface area contributed by atoms with Crippen molar-refractivity contribution in [2.75, 3.05) is 18.5 Å². The molecule has 17 heavy (non-hydrogen) atoms. The number of halogens is 2. The highest BCUT2D eigenvalue weighted by Gasteiger charge is 2.14. The van der Waals surface area contributed by atoms with E-state index in [1.54, 1.807) is 26.0 Å². The van der Waals surface area contributed by atoms with E-state index in [2.05, 4.69) is 21.2 Å². The first kappa shape index (κ1) is 14.0. The van der Waals surface area contributed by atoms with Crippen molar-refractivity contribution < 1.29 is 13.9 Å². The molecular weight excluding hydrogens is 289 g/mol. The minimum atomic E-state index is -0.351. The molecule has 1 rings (SSSR count). The first-order valence-corrected chi connectivity index (χ1v) is 6.19. The van der Waals surface area contributed by atoms with Crippen LogP contribution in [0.1, 0.15) is 13.8 Å². The van der Waals surface area contributed by atoms with Crippen molar-refractivity contribution in [2.24, 2.45) is 5.92 Å². The van der Waals surface area contributed by atoms with E-state index in [0.717, 1.165) is 0 Å². The lowest BCUT2D eigenvalue weighted by Crippen LogP contribution is -2.22. The summed E-state index contributed by atoms with van der Waals surface area (Å²) in [5.41, 5.74) is 0.379. The molecule has 0 amide bonds. The zero-order valence-electron chi connectivity index (χ0n) is 9.80. The largest absolute Gasteiger partial charge is 0.466 e. The zero-order chi connectivity index (χ0) is 12.8. The van der Waals surface area contributed by atoms with Crippen LogP contribution in [0.15, 0.2) is 22.7 Å². The van der Waals surface area contributed by atoms with Gasteiger partial charge < -0.3 is 10.1 Å². The van der Waals surface area contributed by atoms with Crippen LogP contribution < -0.4 is 5.32 Å². The maximum atomic E-state index is 13.4. The van der Waals surface area contributed by atoms with E-state index in [9.17, 15) is 9.18 Å². The number of nitrogens with one attached hydrogen (secondary N) is 1. The zero-order valence-corrected chi connectivity index (χ0v) is 11.4. The molecule has 3 nitrogen and oxygen atoms in total. The second-order valence-corrected chi connectivity index (χ2v) is 4.57. The number of hydrogen-bond acceptors (Lipinski definition) is 3. The molecule has 1 aromatic rings. The summed E-state index contributed by atoms with van der Waals surface area (Å²) in [5, 5.41) is 2.88. The number of esters is 1. The molecular formula is C12H15BrFNO2. The van der Waals surface area contributed by atoms with Crippen LogP contribution in [-0.4, -0.2) is 19.1 Å². The Morgan fingerprint density at radius 3 is 2.88 bits per heavy atom. The van der Waals surface area contributed by atoms with Gasteiger partial charge in [0.05, 0.1) is 18.2 Å². The summed E-state index contributed by atoms with van der Waals surface area (Å²) in [5.74, 6) is -0.939. The highest BCUT2D eigenvalue weighted by molar-refractivity contribution is 9.10. The summed E-state index contributed by atoms with van der Waals surface area (Å²) < 4.78 is 19.0. The average molecular weight is 304 g/mol. The number of ether oxygens (including phenoxy) is 1. The monoisotopic (exact) mass is 303 g/mol. The van der Waals surface area contributed by atoms with Gasteiger partial charge in [0, 0.05) is 11.0 Å². The van der Waals surface area contributed by atoms with Gasteiger partial charge >= 0.3 is 5.97 Å². The fourth-order valence-corrected chi connectivity index (χ4v) is 1.60. The lowest BCUT2D eigenvalue weighted by atomic mass is 10.2. The maximum Gasteiger partial charge on any atom is 0.310 e. The lowest BCUT2D eigenvalue weighted by Gasteiger charge is -2.13. The smallest absolute Gasteiger partial charge is 0.310 e. The molecule has 1 unspecified atom stereocenters. The Morgan fingerprint density at radius 1 is 1.59 bits per heavy atom. The van der Waals surface area contributed by atoms with Crippen LogP contribution in [0.2, 0.25) is 0 Å². The number of anilines is 1. The highest BCUT2D eigenvalue weighted by atomic mass is 79.9. The minimum Gasteiger partial charge on any atom is -0.466 e. The summed E-state index contributed by atoms with van der Waals surface area (Å²) in [6.07, 6.45) is 0. The van der Waals surface area contributed by atoms with Crippen molar-refractivity contribution in [1.29, 1.82) is 0 Å². The van der Waals surface area contributed by atoms with Gasteiger partial charge in [0.15, 0.2) is 0 Å². The first-order chi connectivity index (χ1) is 8.04. The fourth-order valence-electron chi connectivity index (χ4n) is 1.26. The Labute approximate surface area is 108 Å². The lowest BCUT2D eigenvalue weighted by molar-refractivity contribution is -0.146. The normalized spacial score (nSPS) is 12.0. The van der Waals surface area contributed by atoms with Gasteiger partial charge in [-0.05, 0) is 25.1 Å². The third kappa shape index (κ3) is 4.34. The van der Waals surface area contributed by atoms with Crippen molar-refractivity contribution in [2.45, 2.75) is 13.8 Å². The molecule has 1 N–H and O–H groups in total. The molecule has 0 aromatic heterocycles.